The van der Waals surface area contributed by atoms with Crippen LogP contribution in [-0.4, -0.2) is 24.3 Å². The molecule has 0 aliphatic heterocycles. The first-order valence-corrected chi connectivity index (χ1v) is 7.87. The van der Waals surface area contributed by atoms with Gasteiger partial charge in [0.1, 0.15) is 6.54 Å². The summed E-state index contributed by atoms with van der Waals surface area (Å²) in [6.45, 7) is 4.71. The monoisotopic (exact) mass is 339 g/mol. The second kappa shape index (κ2) is 8.10. The average Bonchev–Trinajstić information content (AvgIpc) is 2.53. The highest BCUT2D eigenvalue weighted by molar-refractivity contribution is 6.02. The summed E-state index contributed by atoms with van der Waals surface area (Å²) in [6, 6.07) is 14.2. The van der Waals surface area contributed by atoms with Crippen molar-refractivity contribution in [2.45, 2.75) is 20.8 Å². The third kappa shape index (κ3) is 5.46. The normalized spacial score (nSPS) is 10.0. The predicted octanol–water partition coefficient (Wildman–Crippen LogP) is 2.95. The number of nitrogens with zero attached hydrogens (tertiary/aromatic N) is 1. The Hall–Kier alpha value is -3.15. The van der Waals surface area contributed by atoms with Crippen molar-refractivity contribution in [3.05, 3.63) is 54.1 Å². The zero-order valence-electron chi connectivity index (χ0n) is 14.5. The van der Waals surface area contributed by atoms with Gasteiger partial charge in [-0.2, -0.15) is 0 Å². The highest BCUT2D eigenvalue weighted by Gasteiger charge is 2.16. The molecule has 25 heavy (non-hydrogen) atoms. The van der Waals surface area contributed by atoms with Crippen LogP contribution in [0.2, 0.25) is 0 Å². The van der Waals surface area contributed by atoms with Gasteiger partial charge in [-0.25, -0.2) is 0 Å². The molecule has 0 unspecified atom stereocenters. The molecule has 2 N–H and O–H groups in total. The molecule has 0 aliphatic carbocycles. The average molecular weight is 339 g/mol. The van der Waals surface area contributed by atoms with Crippen LogP contribution in [0.3, 0.4) is 0 Å². The largest absolute Gasteiger partial charge is 0.326 e. The second-order valence-electron chi connectivity index (χ2n) is 5.75. The van der Waals surface area contributed by atoms with Gasteiger partial charge in [-0.3, -0.25) is 14.4 Å². The number of anilines is 3. The molecule has 0 saturated carbocycles. The molecule has 0 fully saturated rings. The molecule has 0 bridgehead atoms. The van der Waals surface area contributed by atoms with Gasteiger partial charge in [0.05, 0.1) is 0 Å². The SMILES string of the molecule is CC(=O)Nc1ccc(NC(=O)CN(C(C)=O)c2cccc(C)c2)cc1. The van der Waals surface area contributed by atoms with Gasteiger partial charge in [0.25, 0.3) is 0 Å². The molecule has 0 heterocycles. The number of amides is 3. The van der Waals surface area contributed by atoms with E-state index in [1.165, 1.54) is 18.7 Å². The number of carbonyl (C=O) groups excluding carboxylic acids is 3. The summed E-state index contributed by atoms with van der Waals surface area (Å²) >= 11 is 0. The lowest BCUT2D eigenvalue weighted by atomic mass is 10.2. The molecule has 0 aliphatic rings. The topological polar surface area (TPSA) is 78.5 Å². The molecule has 0 saturated heterocycles. The molecule has 0 atom stereocenters. The van der Waals surface area contributed by atoms with E-state index in [0.717, 1.165) is 5.56 Å². The Morgan fingerprint density at radius 2 is 1.52 bits per heavy atom. The second-order valence-corrected chi connectivity index (χ2v) is 5.75. The molecule has 3 amide bonds. The number of benzene rings is 2. The van der Waals surface area contributed by atoms with Crippen molar-refractivity contribution in [2.24, 2.45) is 0 Å². The Kier molecular flexibility index (Phi) is 5.89. The van der Waals surface area contributed by atoms with Gasteiger partial charge in [-0.15, -0.1) is 0 Å². The van der Waals surface area contributed by atoms with Crippen LogP contribution in [0.1, 0.15) is 19.4 Å². The van der Waals surface area contributed by atoms with Gasteiger partial charge in [0.15, 0.2) is 0 Å². The Balaban J connectivity index is 2.04. The van der Waals surface area contributed by atoms with Crippen molar-refractivity contribution in [3.8, 4) is 0 Å². The summed E-state index contributed by atoms with van der Waals surface area (Å²) in [4.78, 5) is 36.6. The summed E-state index contributed by atoms with van der Waals surface area (Å²) in [5, 5.41) is 5.40. The molecule has 0 spiro atoms. The highest BCUT2D eigenvalue weighted by Crippen LogP contribution is 2.17. The fourth-order valence-corrected chi connectivity index (χ4v) is 2.36. The lowest BCUT2D eigenvalue weighted by molar-refractivity contribution is -0.120. The van der Waals surface area contributed by atoms with Crippen LogP contribution in [-0.2, 0) is 14.4 Å². The van der Waals surface area contributed by atoms with E-state index in [-0.39, 0.29) is 24.3 Å². The number of hydrogen-bond acceptors (Lipinski definition) is 3. The first-order valence-electron chi connectivity index (χ1n) is 7.87. The molecule has 2 aromatic rings. The van der Waals surface area contributed by atoms with Gasteiger partial charge in [-0.05, 0) is 48.9 Å². The Morgan fingerprint density at radius 1 is 0.920 bits per heavy atom. The summed E-state index contributed by atoms with van der Waals surface area (Å²) in [6.07, 6.45) is 0. The number of hydrogen-bond donors (Lipinski definition) is 2. The number of aryl methyl sites for hydroxylation is 1. The van der Waals surface area contributed by atoms with Crippen LogP contribution in [0.25, 0.3) is 0 Å². The van der Waals surface area contributed by atoms with Crippen molar-refractivity contribution in [1.82, 2.24) is 0 Å². The van der Waals surface area contributed by atoms with E-state index in [2.05, 4.69) is 10.6 Å². The zero-order chi connectivity index (χ0) is 18.4. The standard InChI is InChI=1S/C19H21N3O3/c1-13-5-4-6-18(11-13)22(15(3)24)12-19(25)21-17-9-7-16(8-10-17)20-14(2)23/h4-11H,12H2,1-3H3,(H,20,23)(H,21,25). The minimum absolute atomic E-state index is 0.0771. The van der Waals surface area contributed by atoms with Gasteiger partial charge >= 0.3 is 0 Å². The van der Waals surface area contributed by atoms with E-state index >= 15 is 0 Å². The molecule has 2 aromatic carbocycles. The smallest absolute Gasteiger partial charge is 0.244 e. The van der Waals surface area contributed by atoms with E-state index in [0.29, 0.717) is 17.1 Å². The fraction of sp³-hybridized carbons (Fsp3) is 0.211. The third-order valence-electron chi connectivity index (χ3n) is 3.48. The van der Waals surface area contributed by atoms with Gasteiger partial charge in [-0.1, -0.05) is 12.1 Å². The van der Waals surface area contributed by atoms with Crippen molar-refractivity contribution in [3.63, 3.8) is 0 Å². The molecule has 0 aromatic heterocycles. The Bertz CT molecular complexity index is 785. The molecule has 6 nitrogen and oxygen atoms in total. The van der Waals surface area contributed by atoms with Crippen LogP contribution in [0.5, 0.6) is 0 Å². The predicted molar refractivity (Wildman–Crippen MR) is 98.6 cm³/mol. The molecule has 130 valence electrons. The Morgan fingerprint density at radius 3 is 2.04 bits per heavy atom. The maximum absolute atomic E-state index is 12.3. The van der Waals surface area contributed by atoms with Crippen LogP contribution in [0.4, 0.5) is 17.1 Å². The third-order valence-corrected chi connectivity index (χ3v) is 3.48. The minimum atomic E-state index is -0.302. The van der Waals surface area contributed by atoms with E-state index < -0.39 is 0 Å². The molecule has 6 heteroatoms. The summed E-state index contributed by atoms with van der Waals surface area (Å²) in [5.41, 5.74) is 2.93. The van der Waals surface area contributed by atoms with E-state index in [1.54, 1.807) is 30.3 Å². The van der Waals surface area contributed by atoms with Gasteiger partial charge in [0, 0.05) is 30.9 Å². The summed E-state index contributed by atoms with van der Waals surface area (Å²) in [7, 11) is 0. The summed E-state index contributed by atoms with van der Waals surface area (Å²) < 4.78 is 0. The van der Waals surface area contributed by atoms with Crippen molar-refractivity contribution in [1.29, 1.82) is 0 Å². The molecular weight excluding hydrogens is 318 g/mol. The minimum Gasteiger partial charge on any atom is -0.326 e. The van der Waals surface area contributed by atoms with Crippen LogP contribution in [0.15, 0.2) is 48.5 Å². The van der Waals surface area contributed by atoms with Crippen molar-refractivity contribution < 1.29 is 14.4 Å². The van der Waals surface area contributed by atoms with Gasteiger partial charge < -0.3 is 15.5 Å². The number of carbonyl (C=O) groups is 3. The fourth-order valence-electron chi connectivity index (χ4n) is 2.36. The first kappa shape index (κ1) is 18.2. The number of rotatable bonds is 5. The lowest BCUT2D eigenvalue weighted by Gasteiger charge is -2.21. The van der Waals surface area contributed by atoms with E-state index in [9.17, 15) is 14.4 Å². The highest BCUT2D eigenvalue weighted by atomic mass is 16.2. The van der Waals surface area contributed by atoms with Crippen LogP contribution in [0, 0.1) is 6.92 Å². The van der Waals surface area contributed by atoms with Gasteiger partial charge in [0.2, 0.25) is 17.7 Å². The summed E-state index contributed by atoms with van der Waals surface area (Å²) in [5.74, 6) is -0.669. The molecule has 0 radical (unpaired) electrons. The van der Waals surface area contributed by atoms with Crippen molar-refractivity contribution >= 4 is 34.8 Å². The molecular formula is C19H21N3O3. The number of nitrogens with one attached hydrogen (secondary N) is 2. The van der Waals surface area contributed by atoms with Crippen molar-refractivity contribution in [2.75, 3.05) is 22.1 Å². The Labute approximate surface area is 146 Å². The maximum Gasteiger partial charge on any atom is 0.244 e. The molecule has 2 rings (SSSR count). The zero-order valence-corrected chi connectivity index (χ0v) is 14.5. The quantitative estimate of drug-likeness (QED) is 0.879. The van der Waals surface area contributed by atoms with Crippen LogP contribution >= 0.6 is 0 Å². The lowest BCUT2D eigenvalue weighted by Crippen LogP contribution is -2.36. The van der Waals surface area contributed by atoms with E-state index in [1.807, 2.05) is 25.1 Å². The van der Waals surface area contributed by atoms with E-state index in [4.69, 9.17) is 0 Å². The maximum atomic E-state index is 12.3. The van der Waals surface area contributed by atoms with Crippen LogP contribution < -0.4 is 15.5 Å². The first-order chi connectivity index (χ1) is 11.8.